The predicted octanol–water partition coefficient (Wildman–Crippen LogP) is 4.27. The van der Waals surface area contributed by atoms with E-state index in [4.69, 9.17) is 28.6 Å². The summed E-state index contributed by atoms with van der Waals surface area (Å²) in [5.41, 5.74) is 2.04. The summed E-state index contributed by atoms with van der Waals surface area (Å²) in [5, 5.41) is 7.68. The van der Waals surface area contributed by atoms with E-state index in [-0.39, 0.29) is 0 Å². The largest absolute Gasteiger partial charge is 0.492 e. The maximum absolute atomic E-state index is 5.97. The highest BCUT2D eigenvalue weighted by molar-refractivity contribution is 7.80. The SMILES string of the molecule is CCOc1ccccc1NC(=S)NCCc1cccc(Cl)c1. The molecule has 0 aromatic heterocycles. The topological polar surface area (TPSA) is 33.3 Å². The van der Waals surface area contributed by atoms with Gasteiger partial charge in [-0.25, -0.2) is 0 Å². The molecular weight excluding hydrogens is 316 g/mol. The molecular formula is C17H19ClN2OS. The average molecular weight is 335 g/mol. The van der Waals surface area contributed by atoms with Gasteiger partial charge in [-0.3, -0.25) is 0 Å². The predicted molar refractivity (Wildman–Crippen MR) is 97.0 cm³/mol. The van der Waals surface area contributed by atoms with Gasteiger partial charge in [0.2, 0.25) is 0 Å². The number of para-hydroxylation sites is 2. The van der Waals surface area contributed by atoms with E-state index in [1.807, 2.05) is 49.4 Å². The van der Waals surface area contributed by atoms with Crippen molar-refractivity contribution < 1.29 is 4.74 Å². The lowest BCUT2D eigenvalue weighted by atomic mass is 10.1. The van der Waals surface area contributed by atoms with Crippen LogP contribution in [0.4, 0.5) is 5.69 Å². The summed E-state index contributed by atoms with van der Waals surface area (Å²) in [6.07, 6.45) is 0.857. The summed E-state index contributed by atoms with van der Waals surface area (Å²) in [6.45, 7) is 3.31. The summed E-state index contributed by atoms with van der Waals surface area (Å²) >= 11 is 11.3. The molecule has 116 valence electrons. The smallest absolute Gasteiger partial charge is 0.170 e. The fourth-order valence-electron chi connectivity index (χ4n) is 2.03. The van der Waals surface area contributed by atoms with Gasteiger partial charge in [-0.05, 0) is 55.4 Å². The monoisotopic (exact) mass is 334 g/mol. The standard InChI is InChI=1S/C17H19ClN2OS/c1-2-21-16-9-4-3-8-15(16)20-17(22)19-11-10-13-6-5-7-14(18)12-13/h3-9,12H,2,10-11H2,1H3,(H2,19,20,22). The summed E-state index contributed by atoms with van der Waals surface area (Å²) in [7, 11) is 0. The molecule has 22 heavy (non-hydrogen) atoms. The van der Waals surface area contributed by atoms with Crippen LogP contribution in [0.1, 0.15) is 12.5 Å². The number of hydrogen-bond acceptors (Lipinski definition) is 2. The van der Waals surface area contributed by atoms with Crippen molar-refractivity contribution >= 4 is 34.6 Å². The van der Waals surface area contributed by atoms with Crippen molar-refractivity contribution in [3.63, 3.8) is 0 Å². The molecule has 0 aliphatic heterocycles. The first-order valence-electron chi connectivity index (χ1n) is 7.20. The summed E-state index contributed by atoms with van der Waals surface area (Å²) in [4.78, 5) is 0. The number of halogens is 1. The maximum Gasteiger partial charge on any atom is 0.170 e. The molecule has 0 saturated heterocycles. The van der Waals surface area contributed by atoms with Crippen molar-refractivity contribution in [2.45, 2.75) is 13.3 Å². The number of hydrogen-bond donors (Lipinski definition) is 2. The van der Waals surface area contributed by atoms with Crippen molar-refractivity contribution in [3.8, 4) is 5.75 Å². The second-order valence-electron chi connectivity index (χ2n) is 4.69. The molecule has 0 spiro atoms. The molecule has 0 radical (unpaired) electrons. The van der Waals surface area contributed by atoms with Gasteiger partial charge in [-0.2, -0.15) is 0 Å². The third-order valence-electron chi connectivity index (χ3n) is 3.02. The molecule has 2 aromatic rings. The molecule has 0 bridgehead atoms. The first kappa shape index (κ1) is 16.6. The molecule has 3 nitrogen and oxygen atoms in total. The van der Waals surface area contributed by atoms with Crippen molar-refractivity contribution in [3.05, 3.63) is 59.1 Å². The van der Waals surface area contributed by atoms with E-state index < -0.39 is 0 Å². The van der Waals surface area contributed by atoms with Crippen LogP contribution in [0, 0.1) is 0 Å². The van der Waals surface area contributed by atoms with Gasteiger partial charge >= 0.3 is 0 Å². The van der Waals surface area contributed by atoms with Gasteiger partial charge in [0.15, 0.2) is 5.11 Å². The van der Waals surface area contributed by atoms with Crippen LogP contribution in [-0.2, 0) is 6.42 Å². The molecule has 0 saturated carbocycles. The van der Waals surface area contributed by atoms with Crippen LogP contribution >= 0.6 is 23.8 Å². The van der Waals surface area contributed by atoms with E-state index in [0.717, 1.165) is 29.4 Å². The van der Waals surface area contributed by atoms with Gasteiger partial charge < -0.3 is 15.4 Å². The van der Waals surface area contributed by atoms with Gasteiger partial charge in [0, 0.05) is 11.6 Å². The fraction of sp³-hybridized carbons (Fsp3) is 0.235. The minimum absolute atomic E-state index is 0.578. The quantitative estimate of drug-likeness (QED) is 0.773. The van der Waals surface area contributed by atoms with E-state index in [1.54, 1.807) is 0 Å². The Morgan fingerprint density at radius 1 is 1.18 bits per heavy atom. The number of thiocarbonyl (C=S) groups is 1. The van der Waals surface area contributed by atoms with E-state index in [1.165, 1.54) is 5.56 Å². The molecule has 5 heteroatoms. The molecule has 0 atom stereocenters. The highest BCUT2D eigenvalue weighted by atomic mass is 35.5. The Bertz CT molecular complexity index is 634. The number of benzene rings is 2. The molecule has 0 aliphatic carbocycles. The molecule has 2 rings (SSSR count). The lowest BCUT2D eigenvalue weighted by Crippen LogP contribution is -2.30. The molecule has 0 aliphatic rings. The number of anilines is 1. The van der Waals surface area contributed by atoms with Gasteiger partial charge in [0.05, 0.1) is 12.3 Å². The van der Waals surface area contributed by atoms with E-state index >= 15 is 0 Å². The van der Waals surface area contributed by atoms with Crippen LogP contribution in [0.3, 0.4) is 0 Å². The van der Waals surface area contributed by atoms with Crippen LogP contribution < -0.4 is 15.4 Å². The van der Waals surface area contributed by atoms with Crippen molar-refractivity contribution in [1.29, 1.82) is 0 Å². The summed E-state index contributed by atoms with van der Waals surface area (Å²) < 4.78 is 5.56. The average Bonchev–Trinajstić information content (AvgIpc) is 2.49. The van der Waals surface area contributed by atoms with Crippen molar-refractivity contribution in [2.75, 3.05) is 18.5 Å². The number of rotatable bonds is 6. The van der Waals surface area contributed by atoms with E-state index in [9.17, 15) is 0 Å². The summed E-state index contributed by atoms with van der Waals surface area (Å²) in [5.74, 6) is 0.795. The molecule has 0 fully saturated rings. The summed E-state index contributed by atoms with van der Waals surface area (Å²) in [6, 6.07) is 15.6. The van der Waals surface area contributed by atoms with E-state index in [0.29, 0.717) is 11.7 Å². The molecule has 2 N–H and O–H groups in total. The van der Waals surface area contributed by atoms with E-state index in [2.05, 4.69) is 16.7 Å². The Balaban J connectivity index is 1.83. The van der Waals surface area contributed by atoms with Crippen molar-refractivity contribution in [1.82, 2.24) is 5.32 Å². The minimum Gasteiger partial charge on any atom is -0.492 e. The highest BCUT2D eigenvalue weighted by Crippen LogP contribution is 2.23. The van der Waals surface area contributed by atoms with Gasteiger partial charge in [0.25, 0.3) is 0 Å². The zero-order chi connectivity index (χ0) is 15.8. The molecule has 0 heterocycles. The lowest BCUT2D eigenvalue weighted by Gasteiger charge is -2.14. The third-order valence-corrected chi connectivity index (χ3v) is 3.50. The maximum atomic E-state index is 5.97. The van der Waals surface area contributed by atoms with Crippen LogP contribution in [0.15, 0.2) is 48.5 Å². The Morgan fingerprint density at radius 3 is 2.77 bits per heavy atom. The van der Waals surface area contributed by atoms with Crippen LogP contribution in [0.2, 0.25) is 5.02 Å². The Morgan fingerprint density at radius 2 is 2.00 bits per heavy atom. The zero-order valence-electron chi connectivity index (χ0n) is 12.4. The molecule has 0 unspecified atom stereocenters. The highest BCUT2D eigenvalue weighted by Gasteiger charge is 2.04. The zero-order valence-corrected chi connectivity index (χ0v) is 14.0. The fourth-order valence-corrected chi connectivity index (χ4v) is 2.46. The lowest BCUT2D eigenvalue weighted by molar-refractivity contribution is 0.342. The van der Waals surface area contributed by atoms with Crippen molar-refractivity contribution in [2.24, 2.45) is 0 Å². The Kier molecular flexibility index (Phi) is 6.49. The number of nitrogens with one attached hydrogen (secondary N) is 2. The van der Waals surface area contributed by atoms with Gasteiger partial charge in [0.1, 0.15) is 5.75 Å². The van der Waals surface area contributed by atoms with Gasteiger partial charge in [-0.15, -0.1) is 0 Å². The van der Waals surface area contributed by atoms with Crippen LogP contribution in [-0.4, -0.2) is 18.3 Å². The third kappa shape index (κ3) is 5.20. The first-order chi connectivity index (χ1) is 10.7. The Labute approximate surface area is 141 Å². The second-order valence-corrected chi connectivity index (χ2v) is 5.53. The first-order valence-corrected chi connectivity index (χ1v) is 7.99. The normalized spacial score (nSPS) is 10.1. The second kappa shape index (κ2) is 8.61. The minimum atomic E-state index is 0.578. The van der Waals surface area contributed by atoms with Gasteiger partial charge in [-0.1, -0.05) is 35.9 Å². The van der Waals surface area contributed by atoms with Crippen LogP contribution in [0.5, 0.6) is 5.75 Å². The Hall–Kier alpha value is -1.78. The van der Waals surface area contributed by atoms with Crippen LogP contribution in [0.25, 0.3) is 0 Å². The number of ether oxygens (including phenoxy) is 1. The molecule has 2 aromatic carbocycles. The molecule has 0 amide bonds.